The Morgan fingerprint density at radius 1 is 1.37 bits per heavy atom. The third-order valence-electron chi connectivity index (χ3n) is 3.28. The fraction of sp³-hybridized carbons (Fsp3) is 0.538. The monoisotopic (exact) mass is 336 g/mol. The second-order valence-electron chi connectivity index (χ2n) is 4.79. The topological polar surface area (TPSA) is 24.1 Å². The summed E-state index contributed by atoms with van der Waals surface area (Å²) in [6.07, 6.45) is -1.99. The van der Waals surface area contributed by atoms with Crippen LogP contribution in [0.1, 0.15) is 18.4 Å². The molecule has 1 saturated heterocycles. The van der Waals surface area contributed by atoms with E-state index in [4.69, 9.17) is 0 Å². The lowest BCUT2D eigenvalue weighted by molar-refractivity contribution is -0.137. The third-order valence-corrected chi connectivity index (χ3v) is 3.93. The zero-order valence-electron chi connectivity index (χ0n) is 10.4. The van der Waals surface area contributed by atoms with E-state index in [1.807, 2.05) is 0 Å². The Hall–Kier alpha value is -0.750. The van der Waals surface area contributed by atoms with E-state index in [0.717, 1.165) is 44.6 Å². The number of piperidine rings is 1. The highest BCUT2D eigenvalue weighted by molar-refractivity contribution is 9.10. The lowest BCUT2D eigenvalue weighted by Crippen LogP contribution is -2.33. The van der Waals surface area contributed by atoms with Gasteiger partial charge in [-0.15, -0.1) is 0 Å². The van der Waals surface area contributed by atoms with Crippen LogP contribution in [-0.2, 0) is 6.18 Å². The van der Waals surface area contributed by atoms with Crippen LogP contribution in [0, 0.1) is 5.92 Å². The minimum atomic E-state index is -4.30. The zero-order valence-corrected chi connectivity index (χ0v) is 11.9. The van der Waals surface area contributed by atoms with E-state index in [1.165, 1.54) is 6.07 Å². The Morgan fingerprint density at radius 2 is 2.16 bits per heavy atom. The van der Waals surface area contributed by atoms with E-state index in [1.54, 1.807) is 0 Å². The van der Waals surface area contributed by atoms with Crippen molar-refractivity contribution in [1.29, 1.82) is 0 Å². The summed E-state index contributed by atoms with van der Waals surface area (Å²) in [5.41, 5.74) is 0.0721. The van der Waals surface area contributed by atoms with E-state index in [0.29, 0.717) is 16.1 Å². The molecule has 1 heterocycles. The second-order valence-corrected chi connectivity index (χ2v) is 5.64. The van der Waals surface area contributed by atoms with Crippen molar-refractivity contribution in [3.63, 3.8) is 0 Å². The van der Waals surface area contributed by atoms with Crippen molar-refractivity contribution in [2.45, 2.75) is 19.0 Å². The number of halogens is 4. The van der Waals surface area contributed by atoms with Crippen LogP contribution in [0.15, 0.2) is 22.7 Å². The summed E-state index contributed by atoms with van der Waals surface area (Å²) in [6, 6.07) is 3.69. The van der Waals surface area contributed by atoms with Gasteiger partial charge in [-0.25, -0.2) is 0 Å². The lowest BCUT2D eigenvalue weighted by Gasteiger charge is -2.23. The summed E-state index contributed by atoms with van der Waals surface area (Å²) in [5, 5.41) is 6.52. The van der Waals surface area contributed by atoms with Crippen LogP contribution in [0.2, 0.25) is 0 Å². The second kappa shape index (κ2) is 6.13. The van der Waals surface area contributed by atoms with Gasteiger partial charge in [-0.2, -0.15) is 13.2 Å². The molecule has 6 heteroatoms. The average molecular weight is 337 g/mol. The number of hydrogen-bond donors (Lipinski definition) is 2. The molecule has 1 aliphatic heterocycles. The fourth-order valence-electron chi connectivity index (χ4n) is 2.19. The molecule has 1 aromatic carbocycles. The van der Waals surface area contributed by atoms with Crippen LogP contribution in [0.5, 0.6) is 0 Å². The van der Waals surface area contributed by atoms with E-state index >= 15 is 0 Å². The number of alkyl halides is 3. The lowest BCUT2D eigenvalue weighted by atomic mass is 10.00. The van der Waals surface area contributed by atoms with Crippen molar-refractivity contribution < 1.29 is 13.2 Å². The standard InChI is InChI=1S/C13H16BrF3N2/c14-11-6-10(13(15,16)17)3-4-12(11)19-8-9-2-1-5-18-7-9/h3-4,6,9,18-19H,1-2,5,7-8H2. The first-order valence-corrected chi connectivity index (χ1v) is 7.07. The summed E-state index contributed by atoms with van der Waals surface area (Å²) < 4.78 is 38.0. The highest BCUT2D eigenvalue weighted by Crippen LogP contribution is 2.34. The number of nitrogens with one attached hydrogen (secondary N) is 2. The first kappa shape index (κ1) is 14.7. The molecule has 1 aliphatic rings. The summed E-state index contributed by atoms with van der Waals surface area (Å²) in [4.78, 5) is 0. The van der Waals surface area contributed by atoms with Gasteiger partial charge in [-0.3, -0.25) is 0 Å². The number of benzene rings is 1. The molecule has 106 valence electrons. The van der Waals surface area contributed by atoms with Crippen LogP contribution in [0.25, 0.3) is 0 Å². The number of hydrogen-bond acceptors (Lipinski definition) is 2. The maximum absolute atomic E-state index is 12.5. The van der Waals surface area contributed by atoms with Crippen molar-refractivity contribution in [2.75, 3.05) is 25.0 Å². The van der Waals surface area contributed by atoms with Crippen LogP contribution in [0.4, 0.5) is 18.9 Å². The normalized spacial score (nSPS) is 20.3. The molecule has 0 aromatic heterocycles. The fourth-order valence-corrected chi connectivity index (χ4v) is 2.71. The van der Waals surface area contributed by atoms with Crippen molar-refractivity contribution >= 4 is 21.6 Å². The third kappa shape index (κ3) is 4.11. The Bertz CT molecular complexity index is 428. The molecule has 1 unspecified atom stereocenters. The first-order valence-electron chi connectivity index (χ1n) is 6.28. The molecule has 0 bridgehead atoms. The molecule has 2 rings (SSSR count). The van der Waals surface area contributed by atoms with Crippen molar-refractivity contribution in [1.82, 2.24) is 5.32 Å². The van der Waals surface area contributed by atoms with Crippen molar-refractivity contribution in [3.8, 4) is 0 Å². The molecular weight excluding hydrogens is 321 g/mol. The highest BCUT2D eigenvalue weighted by Gasteiger charge is 2.30. The van der Waals surface area contributed by atoms with Gasteiger partial charge in [0.15, 0.2) is 0 Å². The molecule has 2 N–H and O–H groups in total. The molecule has 0 spiro atoms. The maximum Gasteiger partial charge on any atom is 0.416 e. The molecule has 19 heavy (non-hydrogen) atoms. The molecule has 0 aliphatic carbocycles. The Balaban J connectivity index is 1.97. The molecule has 1 fully saturated rings. The average Bonchev–Trinajstić information content (AvgIpc) is 2.37. The van der Waals surface area contributed by atoms with Gasteiger partial charge in [0.25, 0.3) is 0 Å². The van der Waals surface area contributed by atoms with Gasteiger partial charge in [-0.05, 0) is 66.0 Å². The van der Waals surface area contributed by atoms with Gasteiger partial charge in [0.2, 0.25) is 0 Å². The van der Waals surface area contributed by atoms with Crippen LogP contribution >= 0.6 is 15.9 Å². The van der Waals surface area contributed by atoms with Crippen LogP contribution < -0.4 is 10.6 Å². The maximum atomic E-state index is 12.5. The zero-order chi connectivity index (χ0) is 13.9. The van der Waals surface area contributed by atoms with Gasteiger partial charge < -0.3 is 10.6 Å². The molecule has 1 atom stereocenters. The Labute approximate surface area is 118 Å². The van der Waals surface area contributed by atoms with Gasteiger partial charge >= 0.3 is 6.18 Å². The summed E-state index contributed by atoms with van der Waals surface area (Å²) in [7, 11) is 0. The van der Waals surface area contributed by atoms with E-state index in [2.05, 4.69) is 26.6 Å². The predicted octanol–water partition coefficient (Wildman–Crippen LogP) is 3.88. The summed E-state index contributed by atoms with van der Waals surface area (Å²) >= 11 is 3.19. The Kier molecular flexibility index (Phi) is 4.73. The SMILES string of the molecule is FC(F)(F)c1ccc(NCC2CCCNC2)c(Br)c1. The van der Waals surface area contributed by atoms with Crippen LogP contribution in [0.3, 0.4) is 0 Å². The minimum Gasteiger partial charge on any atom is -0.384 e. The van der Waals surface area contributed by atoms with E-state index in [-0.39, 0.29) is 0 Å². The molecule has 2 nitrogen and oxygen atoms in total. The molecule has 0 radical (unpaired) electrons. The van der Waals surface area contributed by atoms with E-state index < -0.39 is 11.7 Å². The Morgan fingerprint density at radius 3 is 2.74 bits per heavy atom. The quantitative estimate of drug-likeness (QED) is 0.875. The van der Waals surface area contributed by atoms with Gasteiger partial charge in [0.1, 0.15) is 0 Å². The number of anilines is 1. The summed E-state index contributed by atoms with van der Waals surface area (Å²) in [5.74, 6) is 0.531. The van der Waals surface area contributed by atoms with Gasteiger partial charge in [0.05, 0.1) is 5.56 Å². The van der Waals surface area contributed by atoms with Gasteiger partial charge in [-0.1, -0.05) is 0 Å². The smallest absolute Gasteiger partial charge is 0.384 e. The van der Waals surface area contributed by atoms with Gasteiger partial charge in [0, 0.05) is 16.7 Å². The predicted molar refractivity (Wildman–Crippen MR) is 73.2 cm³/mol. The van der Waals surface area contributed by atoms with E-state index in [9.17, 15) is 13.2 Å². The first-order chi connectivity index (χ1) is 8.97. The largest absolute Gasteiger partial charge is 0.416 e. The molecule has 0 amide bonds. The number of rotatable bonds is 3. The molecule has 1 aromatic rings. The summed E-state index contributed by atoms with van der Waals surface area (Å²) in [6.45, 7) is 2.79. The molecular formula is C13H16BrF3N2. The molecule has 0 saturated carbocycles. The highest BCUT2D eigenvalue weighted by atomic mass is 79.9. The minimum absolute atomic E-state index is 0.450. The van der Waals surface area contributed by atoms with Crippen molar-refractivity contribution in [2.24, 2.45) is 5.92 Å². The van der Waals surface area contributed by atoms with Crippen molar-refractivity contribution in [3.05, 3.63) is 28.2 Å². The van der Waals surface area contributed by atoms with Crippen LogP contribution in [-0.4, -0.2) is 19.6 Å².